The number of phenolic OH excluding ortho intramolecular Hbond substituents is 1. The number of aromatic hydroxyl groups is 1. The summed E-state index contributed by atoms with van der Waals surface area (Å²) in [5.41, 5.74) is 3.29. The van der Waals surface area contributed by atoms with Gasteiger partial charge >= 0.3 is 0 Å². The van der Waals surface area contributed by atoms with E-state index in [4.69, 9.17) is 5.73 Å². The molecule has 1 aromatic carbocycles. The maximum Gasteiger partial charge on any atom is 0.230 e. The number of likely N-dealkylation sites (N-methyl/N-ethyl adjacent to an activating group) is 1. The molecule has 1 amide bonds. The summed E-state index contributed by atoms with van der Waals surface area (Å²) < 4.78 is 0. The minimum absolute atomic E-state index is 0.00643. The Morgan fingerprint density at radius 3 is 2.48 bits per heavy atom. The van der Waals surface area contributed by atoms with Gasteiger partial charge in [-0.1, -0.05) is 18.7 Å². The topological polar surface area (TPSA) is 161 Å². The molecule has 1 aromatic rings. The number of fused-ring (bicyclic) bond motifs is 3. The molecule has 3 aliphatic carbocycles. The average Bonchev–Trinajstić information content (AvgIpc) is 2.68. The van der Waals surface area contributed by atoms with Crippen molar-refractivity contribution in [3.63, 3.8) is 0 Å². The largest absolute Gasteiger partial charge is 0.507 e. The van der Waals surface area contributed by atoms with Crippen LogP contribution >= 0.6 is 0 Å². The third-order valence-corrected chi connectivity index (χ3v) is 6.93. The molecule has 3 aliphatic rings. The number of primary amides is 1. The number of nitrogens with zero attached hydrogens (tertiary/aromatic N) is 1. The van der Waals surface area contributed by atoms with Crippen molar-refractivity contribution in [1.29, 1.82) is 0 Å². The highest BCUT2D eigenvalue weighted by Gasteiger charge is 2.67. The van der Waals surface area contributed by atoms with Crippen LogP contribution in [0.25, 0.3) is 11.3 Å². The van der Waals surface area contributed by atoms with Gasteiger partial charge in [0.05, 0.1) is 11.7 Å². The molecule has 164 valence electrons. The number of benzene rings is 1. The van der Waals surface area contributed by atoms with Crippen LogP contribution < -0.4 is 5.73 Å². The number of hydrogen-bond donors (Lipinski definition) is 5. The van der Waals surface area contributed by atoms with E-state index >= 15 is 0 Å². The van der Waals surface area contributed by atoms with Gasteiger partial charge in [-0.3, -0.25) is 14.4 Å². The second-order valence-electron chi connectivity index (χ2n) is 8.67. The van der Waals surface area contributed by atoms with Gasteiger partial charge < -0.3 is 31.1 Å². The summed E-state index contributed by atoms with van der Waals surface area (Å²) >= 11 is 0. The molecule has 0 aromatic heterocycles. The number of rotatable bonds is 2. The van der Waals surface area contributed by atoms with Crippen molar-refractivity contribution in [1.82, 2.24) is 4.90 Å². The first-order chi connectivity index (χ1) is 14.4. The van der Waals surface area contributed by atoms with Crippen LogP contribution in [0.4, 0.5) is 0 Å². The number of nitrogens with two attached hydrogens (primary N) is 1. The van der Waals surface area contributed by atoms with Gasteiger partial charge in [0.15, 0.2) is 11.4 Å². The molecule has 4 rings (SSSR count). The highest BCUT2D eigenvalue weighted by Crippen LogP contribution is 2.54. The highest BCUT2D eigenvalue weighted by molar-refractivity contribution is 6.26. The Morgan fingerprint density at radius 2 is 1.90 bits per heavy atom. The first-order valence-electron chi connectivity index (χ1n) is 9.84. The van der Waals surface area contributed by atoms with Gasteiger partial charge in [-0.2, -0.15) is 0 Å². The minimum atomic E-state index is -2.67. The van der Waals surface area contributed by atoms with Gasteiger partial charge in [-0.15, -0.1) is 0 Å². The molecule has 31 heavy (non-hydrogen) atoms. The van der Waals surface area contributed by atoms with E-state index in [2.05, 4.69) is 6.58 Å². The van der Waals surface area contributed by atoms with Crippen molar-refractivity contribution in [2.75, 3.05) is 14.1 Å². The fourth-order valence-corrected chi connectivity index (χ4v) is 5.51. The number of ketones is 2. The van der Waals surface area contributed by atoms with E-state index in [-0.39, 0.29) is 23.3 Å². The number of phenols is 1. The van der Waals surface area contributed by atoms with E-state index in [1.807, 2.05) is 0 Å². The van der Waals surface area contributed by atoms with Gasteiger partial charge in [0, 0.05) is 23.5 Å². The van der Waals surface area contributed by atoms with Crippen LogP contribution in [-0.2, 0) is 14.4 Å². The number of carbonyl (C=O) groups is 3. The molecule has 0 bridgehead atoms. The van der Waals surface area contributed by atoms with Crippen LogP contribution in [0.5, 0.6) is 5.75 Å². The van der Waals surface area contributed by atoms with E-state index < -0.39 is 58.7 Å². The molecule has 0 radical (unpaired) electrons. The van der Waals surface area contributed by atoms with Crippen LogP contribution in [0.3, 0.4) is 0 Å². The first-order valence-corrected chi connectivity index (χ1v) is 9.84. The third kappa shape index (κ3) is 2.57. The molecule has 6 atom stereocenters. The van der Waals surface area contributed by atoms with Gasteiger partial charge in [-0.05, 0) is 37.7 Å². The summed E-state index contributed by atoms with van der Waals surface area (Å²) in [6.07, 6.45) is -1.52. The molecule has 9 heteroatoms. The van der Waals surface area contributed by atoms with Crippen molar-refractivity contribution in [3.8, 4) is 5.75 Å². The lowest BCUT2D eigenvalue weighted by atomic mass is 9.54. The Hall–Kier alpha value is -3.01. The lowest BCUT2D eigenvalue weighted by molar-refractivity contribution is -0.183. The predicted molar refractivity (Wildman–Crippen MR) is 109 cm³/mol. The standard InChI is InChI=1S/C22H24N2O7/c1-8-9-5-4-6-12(25)13(9)17(26)14-10(8)7-11-16(24(2)3)18(27)15(21(23)30)20(29)22(11,31)19(14)28/h4-6,10-11,15-16,18,25-27,31H,1,7H2,2-3H3,(H2,23,30). The molecule has 2 fully saturated rings. The lowest BCUT2D eigenvalue weighted by Gasteiger charge is -2.53. The second kappa shape index (κ2) is 6.74. The molecule has 0 saturated heterocycles. The van der Waals surface area contributed by atoms with Gasteiger partial charge in [0.25, 0.3) is 0 Å². The molecule has 0 aliphatic heterocycles. The van der Waals surface area contributed by atoms with Crippen molar-refractivity contribution >= 4 is 28.8 Å². The monoisotopic (exact) mass is 428 g/mol. The maximum atomic E-state index is 13.6. The maximum absolute atomic E-state index is 13.6. The zero-order valence-electron chi connectivity index (χ0n) is 17.1. The molecule has 6 N–H and O–H groups in total. The number of aliphatic hydroxyl groups is 3. The third-order valence-electron chi connectivity index (χ3n) is 6.93. The van der Waals surface area contributed by atoms with E-state index in [9.17, 15) is 34.8 Å². The molecule has 6 unspecified atom stereocenters. The summed E-state index contributed by atoms with van der Waals surface area (Å²) in [7, 11) is 3.19. The van der Waals surface area contributed by atoms with Gasteiger partial charge in [0.2, 0.25) is 11.7 Å². The zero-order valence-corrected chi connectivity index (χ0v) is 17.1. The summed E-state index contributed by atoms with van der Waals surface area (Å²) in [4.78, 5) is 40.2. The highest BCUT2D eigenvalue weighted by atomic mass is 16.3. The number of carbonyl (C=O) groups excluding carboxylic acids is 3. The van der Waals surface area contributed by atoms with Gasteiger partial charge in [0.1, 0.15) is 17.4 Å². The SMILES string of the molecule is C=C1c2cccc(O)c2C(O)=C2C(=O)C3(O)C(=O)C(C(N)=O)C(O)C(N(C)C)C3CC12. The Morgan fingerprint density at radius 1 is 1.26 bits per heavy atom. The summed E-state index contributed by atoms with van der Waals surface area (Å²) in [6.45, 7) is 4.04. The smallest absolute Gasteiger partial charge is 0.230 e. The van der Waals surface area contributed by atoms with E-state index in [1.165, 1.54) is 11.0 Å². The van der Waals surface area contributed by atoms with Crippen LogP contribution in [-0.4, -0.2) is 74.6 Å². The van der Waals surface area contributed by atoms with Crippen molar-refractivity contribution < 1.29 is 34.8 Å². The minimum Gasteiger partial charge on any atom is -0.507 e. The fourth-order valence-electron chi connectivity index (χ4n) is 5.51. The first kappa shape index (κ1) is 21.2. The van der Waals surface area contributed by atoms with E-state index in [0.717, 1.165) is 0 Å². The van der Waals surface area contributed by atoms with E-state index in [0.29, 0.717) is 11.1 Å². The number of aliphatic hydroxyl groups excluding tert-OH is 2. The number of allylic oxidation sites excluding steroid dienone is 1. The van der Waals surface area contributed by atoms with Crippen LogP contribution in [0.1, 0.15) is 17.5 Å². The Labute approximate surface area is 178 Å². The van der Waals surface area contributed by atoms with E-state index in [1.54, 1.807) is 26.2 Å². The number of Topliss-reactive ketones (excluding diaryl/α,β-unsaturated/α-hetero) is 2. The molecule has 0 heterocycles. The molecular weight excluding hydrogens is 404 g/mol. The number of hydrogen-bond acceptors (Lipinski definition) is 8. The number of amides is 1. The normalized spacial score (nSPS) is 35.0. The van der Waals surface area contributed by atoms with Crippen LogP contribution in [0, 0.1) is 17.8 Å². The summed E-state index contributed by atoms with van der Waals surface area (Å²) in [5.74, 6) is -7.85. The summed E-state index contributed by atoms with van der Waals surface area (Å²) in [5, 5.41) is 43.4. The Kier molecular flexibility index (Phi) is 4.62. The van der Waals surface area contributed by atoms with Crippen LogP contribution in [0.15, 0.2) is 30.4 Å². The Balaban J connectivity index is 1.96. The van der Waals surface area contributed by atoms with Crippen molar-refractivity contribution in [2.24, 2.45) is 23.5 Å². The van der Waals surface area contributed by atoms with Crippen molar-refractivity contribution in [3.05, 3.63) is 41.5 Å². The molecule has 0 spiro atoms. The summed E-state index contributed by atoms with van der Waals surface area (Å²) in [6, 6.07) is 3.61. The lowest BCUT2D eigenvalue weighted by Crippen LogP contribution is -2.73. The average molecular weight is 428 g/mol. The molecule has 2 saturated carbocycles. The second-order valence-corrected chi connectivity index (χ2v) is 8.67. The molecular formula is C22H24N2O7. The fraction of sp³-hybridized carbons (Fsp3) is 0.409. The Bertz CT molecular complexity index is 1080. The molecule has 9 nitrogen and oxygen atoms in total. The van der Waals surface area contributed by atoms with Crippen LogP contribution in [0.2, 0.25) is 0 Å². The van der Waals surface area contributed by atoms with Gasteiger partial charge in [-0.25, -0.2) is 0 Å². The predicted octanol–water partition coefficient (Wildman–Crippen LogP) is -0.400. The van der Waals surface area contributed by atoms with Crippen molar-refractivity contribution in [2.45, 2.75) is 24.2 Å². The zero-order chi connectivity index (χ0) is 23.0. The quantitative estimate of drug-likeness (QED) is 0.398.